The van der Waals surface area contributed by atoms with Gasteiger partial charge in [0.25, 0.3) is 0 Å². The van der Waals surface area contributed by atoms with E-state index in [1.54, 1.807) is 12.4 Å². The van der Waals surface area contributed by atoms with Gasteiger partial charge in [0.15, 0.2) is 5.78 Å². The van der Waals surface area contributed by atoms with Gasteiger partial charge in [-0.15, -0.1) is 0 Å². The van der Waals surface area contributed by atoms with Crippen LogP contribution in [-0.2, 0) is 0 Å². The molecule has 1 heterocycles. The molecule has 1 aliphatic rings. The maximum absolute atomic E-state index is 12.5. The third kappa shape index (κ3) is 2.38. The van der Waals surface area contributed by atoms with Gasteiger partial charge in [0.05, 0.1) is 0 Å². The molecule has 3 heteroatoms. The first-order valence-electron chi connectivity index (χ1n) is 6.83. The summed E-state index contributed by atoms with van der Waals surface area (Å²) in [6, 6.07) is 7.86. The fraction of sp³-hybridized carbons (Fsp3) is 0.375. The topological polar surface area (TPSA) is 56.0 Å². The monoisotopic (exact) mass is 254 g/mol. The van der Waals surface area contributed by atoms with Crippen molar-refractivity contribution in [1.82, 2.24) is 4.98 Å². The predicted octanol–water partition coefficient (Wildman–Crippen LogP) is 3.08. The SMILES string of the molecule is NC1(CC(=O)c2cncc3ccccc23)CCCC1. The minimum atomic E-state index is -0.298. The molecule has 0 radical (unpaired) electrons. The van der Waals surface area contributed by atoms with Crippen LogP contribution < -0.4 is 5.73 Å². The summed E-state index contributed by atoms with van der Waals surface area (Å²) in [5.41, 5.74) is 6.71. The van der Waals surface area contributed by atoms with Gasteiger partial charge in [0, 0.05) is 35.3 Å². The number of nitrogens with two attached hydrogens (primary N) is 1. The second kappa shape index (κ2) is 4.74. The first kappa shape index (κ1) is 12.3. The molecule has 1 aromatic heterocycles. The van der Waals surface area contributed by atoms with Crippen molar-refractivity contribution in [3.8, 4) is 0 Å². The smallest absolute Gasteiger partial charge is 0.166 e. The average molecular weight is 254 g/mol. The molecule has 1 aliphatic carbocycles. The molecule has 0 bridgehead atoms. The Hall–Kier alpha value is -1.74. The Morgan fingerprint density at radius 2 is 1.95 bits per heavy atom. The highest BCUT2D eigenvalue weighted by atomic mass is 16.1. The van der Waals surface area contributed by atoms with Crippen LogP contribution in [0.5, 0.6) is 0 Å². The van der Waals surface area contributed by atoms with E-state index in [1.807, 2.05) is 24.3 Å². The van der Waals surface area contributed by atoms with Gasteiger partial charge >= 0.3 is 0 Å². The van der Waals surface area contributed by atoms with Gasteiger partial charge in [0.1, 0.15) is 0 Å². The summed E-state index contributed by atoms with van der Waals surface area (Å²) >= 11 is 0. The van der Waals surface area contributed by atoms with Gasteiger partial charge in [0.2, 0.25) is 0 Å². The molecule has 2 N–H and O–H groups in total. The number of fused-ring (bicyclic) bond motifs is 1. The quantitative estimate of drug-likeness (QED) is 0.856. The fourth-order valence-corrected chi connectivity index (χ4v) is 3.01. The number of carbonyl (C=O) groups excluding carboxylic acids is 1. The van der Waals surface area contributed by atoms with E-state index in [0.29, 0.717) is 12.0 Å². The number of carbonyl (C=O) groups is 1. The zero-order chi connectivity index (χ0) is 13.3. The first-order valence-corrected chi connectivity index (χ1v) is 6.83. The summed E-state index contributed by atoms with van der Waals surface area (Å²) in [7, 11) is 0. The minimum absolute atomic E-state index is 0.119. The highest BCUT2D eigenvalue weighted by Crippen LogP contribution is 2.32. The maximum atomic E-state index is 12.5. The minimum Gasteiger partial charge on any atom is -0.325 e. The van der Waals surface area contributed by atoms with E-state index in [-0.39, 0.29) is 11.3 Å². The molecule has 0 saturated heterocycles. The summed E-state index contributed by atoms with van der Waals surface area (Å²) in [4.78, 5) is 16.7. The summed E-state index contributed by atoms with van der Waals surface area (Å²) < 4.78 is 0. The molecule has 1 aromatic carbocycles. The van der Waals surface area contributed by atoms with Crippen LogP contribution in [0, 0.1) is 0 Å². The van der Waals surface area contributed by atoms with Crippen molar-refractivity contribution in [2.24, 2.45) is 5.73 Å². The lowest BCUT2D eigenvalue weighted by Gasteiger charge is -2.22. The van der Waals surface area contributed by atoms with Crippen molar-refractivity contribution in [2.75, 3.05) is 0 Å². The molecule has 3 nitrogen and oxygen atoms in total. The van der Waals surface area contributed by atoms with Gasteiger partial charge in [-0.2, -0.15) is 0 Å². The molecule has 1 saturated carbocycles. The molecule has 98 valence electrons. The summed E-state index contributed by atoms with van der Waals surface area (Å²) in [6.45, 7) is 0. The van der Waals surface area contributed by atoms with Crippen molar-refractivity contribution >= 4 is 16.6 Å². The lowest BCUT2D eigenvalue weighted by Crippen LogP contribution is -2.38. The molecule has 0 atom stereocenters. The molecule has 3 rings (SSSR count). The number of benzene rings is 1. The zero-order valence-electron chi connectivity index (χ0n) is 10.9. The summed E-state index contributed by atoms with van der Waals surface area (Å²) in [6.07, 6.45) is 8.08. The van der Waals surface area contributed by atoms with Crippen LogP contribution >= 0.6 is 0 Å². The van der Waals surface area contributed by atoms with E-state index in [9.17, 15) is 4.79 Å². The van der Waals surface area contributed by atoms with Gasteiger partial charge in [-0.05, 0) is 18.2 Å². The standard InChI is InChI=1S/C16H18N2O/c17-16(7-3-4-8-16)9-15(19)14-11-18-10-12-5-1-2-6-13(12)14/h1-2,5-6,10-11H,3-4,7-9,17H2. The number of hydrogen-bond donors (Lipinski definition) is 1. The van der Waals surface area contributed by atoms with Crippen LogP contribution in [0.3, 0.4) is 0 Å². The largest absolute Gasteiger partial charge is 0.325 e. The Morgan fingerprint density at radius 1 is 1.21 bits per heavy atom. The van der Waals surface area contributed by atoms with E-state index in [4.69, 9.17) is 5.73 Å². The number of aromatic nitrogens is 1. The molecular formula is C16H18N2O. The third-order valence-electron chi connectivity index (χ3n) is 4.08. The van der Waals surface area contributed by atoms with Crippen molar-refractivity contribution in [3.63, 3.8) is 0 Å². The van der Waals surface area contributed by atoms with Crippen LogP contribution in [0.1, 0.15) is 42.5 Å². The van der Waals surface area contributed by atoms with Crippen molar-refractivity contribution in [1.29, 1.82) is 0 Å². The van der Waals surface area contributed by atoms with Gasteiger partial charge in [-0.25, -0.2) is 0 Å². The number of nitrogens with zero attached hydrogens (tertiary/aromatic N) is 1. The fourth-order valence-electron chi connectivity index (χ4n) is 3.01. The highest BCUT2D eigenvalue weighted by Gasteiger charge is 2.32. The van der Waals surface area contributed by atoms with Crippen LogP contribution in [0.25, 0.3) is 10.8 Å². The zero-order valence-corrected chi connectivity index (χ0v) is 10.9. The van der Waals surface area contributed by atoms with Gasteiger partial charge in [-0.1, -0.05) is 37.1 Å². The van der Waals surface area contributed by atoms with E-state index < -0.39 is 0 Å². The molecule has 2 aromatic rings. The Balaban J connectivity index is 1.93. The number of rotatable bonds is 3. The normalized spacial score (nSPS) is 17.7. The molecule has 0 amide bonds. The lowest BCUT2D eigenvalue weighted by molar-refractivity contribution is 0.0953. The highest BCUT2D eigenvalue weighted by molar-refractivity contribution is 6.07. The Labute approximate surface area is 112 Å². The Kier molecular flexibility index (Phi) is 3.07. The summed E-state index contributed by atoms with van der Waals surface area (Å²) in [5, 5.41) is 1.98. The average Bonchev–Trinajstić information content (AvgIpc) is 2.84. The van der Waals surface area contributed by atoms with E-state index in [2.05, 4.69) is 4.98 Å². The van der Waals surface area contributed by atoms with E-state index >= 15 is 0 Å². The van der Waals surface area contributed by atoms with Crippen molar-refractivity contribution < 1.29 is 4.79 Å². The second-order valence-electron chi connectivity index (χ2n) is 5.58. The van der Waals surface area contributed by atoms with Crippen LogP contribution in [0.2, 0.25) is 0 Å². The van der Waals surface area contributed by atoms with E-state index in [0.717, 1.165) is 36.5 Å². The van der Waals surface area contributed by atoms with Crippen LogP contribution in [0.15, 0.2) is 36.7 Å². The molecule has 0 unspecified atom stereocenters. The third-order valence-corrected chi connectivity index (χ3v) is 4.08. The molecule has 0 spiro atoms. The van der Waals surface area contributed by atoms with Crippen LogP contribution in [-0.4, -0.2) is 16.3 Å². The number of hydrogen-bond acceptors (Lipinski definition) is 3. The predicted molar refractivity (Wildman–Crippen MR) is 76.1 cm³/mol. The Morgan fingerprint density at radius 3 is 2.74 bits per heavy atom. The second-order valence-corrected chi connectivity index (χ2v) is 5.58. The number of ketones is 1. The summed E-state index contributed by atoms with van der Waals surface area (Å²) in [5.74, 6) is 0.119. The molecule has 19 heavy (non-hydrogen) atoms. The van der Waals surface area contributed by atoms with E-state index in [1.165, 1.54) is 0 Å². The molecule has 1 fully saturated rings. The van der Waals surface area contributed by atoms with Crippen LogP contribution in [0.4, 0.5) is 0 Å². The Bertz CT molecular complexity index is 610. The van der Waals surface area contributed by atoms with Gasteiger partial charge < -0.3 is 5.73 Å². The molecular weight excluding hydrogens is 236 g/mol. The first-order chi connectivity index (χ1) is 9.18. The molecule has 0 aliphatic heterocycles. The lowest BCUT2D eigenvalue weighted by atomic mass is 9.89. The van der Waals surface area contributed by atoms with Crippen molar-refractivity contribution in [3.05, 3.63) is 42.2 Å². The maximum Gasteiger partial charge on any atom is 0.166 e. The van der Waals surface area contributed by atoms with Gasteiger partial charge in [-0.3, -0.25) is 9.78 Å². The number of Topliss-reactive ketones (excluding diaryl/α,β-unsaturated/α-hetero) is 1. The van der Waals surface area contributed by atoms with Crippen molar-refractivity contribution in [2.45, 2.75) is 37.6 Å². The number of pyridine rings is 1.